The fourth-order valence-electron chi connectivity index (χ4n) is 1.43. The Bertz CT molecular complexity index is 420. The molecular weight excluding hydrogens is 222 g/mol. The van der Waals surface area contributed by atoms with Gasteiger partial charge in [-0.15, -0.1) is 0 Å². The zero-order valence-electron chi connectivity index (χ0n) is 9.47. The molecule has 0 bridgehead atoms. The number of carbonyl (C=O) groups excluding carboxylic acids is 2. The Labute approximate surface area is 98.9 Å². The average molecular weight is 237 g/mol. The number of primary amides is 1. The summed E-state index contributed by atoms with van der Waals surface area (Å²) in [6.45, 7) is 1.84. The smallest absolute Gasteiger partial charge is 0.415 e. The van der Waals surface area contributed by atoms with Crippen LogP contribution in [0.1, 0.15) is 25.0 Å². The van der Waals surface area contributed by atoms with Gasteiger partial charge in [-0.25, -0.2) is 14.9 Å². The number of imide groups is 1. The number of amides is 3. The van der Waals surface area contributed by atoms with Crippen molar-refractivity contribution in [3.8, 4) is 0 Å². The number of nitrogen functional groups attached to an aromatic ring is 1. The van der Waals surface area contributed by atoms with Gasteiger partial charge in [-0.1, -0.05) is 25.1 Å². The Balaban J connectivity index is 2.76. The third-order valence-electron chi connectivity index (χ3n) is 2.19. The largest absolute Gasteiger partial charge is 0.441 e. The maximum Gasteiger partial charge on any atom is 0.415 e. The summed E-state index contributed by atoms with van der Waals surface area (Å²) in [6.07, 6.45) is -0.844. The Hall–Kier alpha value is -2.24. The molecule has 1 atom stereocenters. The second-order valence-corrected chi connectivity index (χ2v) is 3.42. The number of rotatable bonds is 3. The highest BCUT2D eigenvalue weighted by Crippen LogP contribution is 2.25. The number of benzene rings is 1. The van der Waals surface area contributed by atoms with Gasteiger partial charge in [0.15, 0.2) is 0 Å². The van der Waals surface area contributed by atoms with Crippen molar-refractivity contribution < 1.29 is 14.3 Å². The summed E-state index contributed by atoms with van der Waals surface area (Å²) in [5, 5.41) is 1.83. The molecule has 0 aromatic heterocycles. The third kappa shape index (κ3) is 3.67. The van der Waals surface area contributed by atoms with Gasteiger partial charge in [-0.2, -0.15) is 0 Å². The van der Waals surface area contributed by atoms with Crippen molar-refractivity contribution in [1.29, 1.82) is 0 Å². The number of nitrogens with two attached hydrogens (primary N) is 2. The fraction of sp³-hybridized carbons (Fsp3) is 0.273. The van der Waals surface area contributed by atoms with Crippen LogP contribution in [0.25, 0.3) is 0 Å². The first kappa shape index (κ1) is 12.8. The first-order chi connectivity index (χ1) is 8.04. The number of hydrogen-bond acceptors (Lipinski definition) is 4. The number of urea groups is 1. The Kier molecular flexibility index (Phi) is 4.33. The average Bonchev–Trinajstić information content (AvgIpc) is 2.26. The molecule has 0 fully saturated rings. The number of ether oxygens (including phenoxy) is 1. The number of alkyl carbamates (subject to hydrolysis) is 1. The van der Waals surface area contributed by atoms with E-state index in [1.165, 1.54) is 0 Å². The van der Waals surface area contributed by atoms with E-state index in [1.807, 2.05) is 12.2 Å². The van der Waals surface area contributed by atoms with Gasteiger partial charge < -0.3 is 16.2 Å². The summed E-state index contributed by atoms with van der Waals surface area (Å²) >= 11 is 0. The van der Waals surface area contributed by atoms with Gasteiger partial charge in [0.2, 0.25) is 0 Å². The lowest BCUT2D eigenvalue weighted by atomic mass is 10.1. The van der Waals surface area contributed by atoms with E-state index in [0.29, 0.717) is 17.7 Å². The first-order valence-electron chi connectivity index (χ1n) is 5.16. The molecule has 1 aromatic rings. The highest BCUT2D eigenvalue weighted by atomic mass is 16.6. The van der Waals surface area contributed by atoms with Crippen LogP contribution in [0.2, 0.25) is 0 Å². The van der Waals surface area contributed by atoms with Crippen molar-refractivity contribution in [2.75, 3.05) is 5.73 Å². The van der Waals surface area contributed by atoms with Crippen LogP contribution in [0.15, 0.2) is 24.3 Å². The van der Waals surface area contributed by atoms with E-state index in [2.05, 4.69) is 0 Å². The van der Waals surface area contributed by atoms with E-state index >= 15 is 0 Å². The van der Waals surface area contributed by atoms with Crippen LogP contribution in [-0.4, -0.2) is 12.1 Å². The highest BCUT2D eigenvalue weighted by Gasteiger charge is 2.17. The lowest BCUT2D eigenvalue weighted by molar-refractivity contribution is 0.0979. The minimum atomic E-state index is -0.953. The molecule has 0 radical (unpaired) electrons. The monoisotopic (exact) mass is 237 g/mol. The van der Waals surface area contributed by atoms with E-state index in [0.717, 1.165) is 0 Å². The predicted molar refractivity (Wildman–Crippen MR) is 63.1 cm³/mol. The number of carbonyl (C=O) groups is 2. The van der Waals surface area contributed by atoms with Crippen LogP contribution < -0.4 is 16.8 Å². The quantitative estimate of drug-likeness (QED) is 0.692. The summed E-state index contributed by atoms with van der Waals surface area (Å²) in [6, 6.07) is 6.11. The molecule has 0 spiro atoms. The molecule has 0 saturated carbocycles. The van der Waals surface area contributed by atoms with Crippen molar-refractivity contribution in [1.82, 2.24) is 5.32 Å². The minimum Gasteiger partial charge on any atom is -0.441 e. The summed E-state index contributed by atoms with van der Waals surface area (Å²) in [7, 11) is 0. The van der Waals surface area contributed by atoms with Crippen LogP contribution in [0.3, 0.4) is 0 Å². The second-order valence-electron chi connectivity index (χ2n) is 3.42. The molecule has 0 heterocycles. The highest BCUT2D eigenvalue weighted by molar-refractivity contribution is 5.89. The van der Waals surface area contributed by atoms with Gasteiger partial charge in [0.05, 0.1) is 0 Å². The molecule has 0 aliphatic rings. The molecule has 1 aromatic carbocycles. The molecule has 0 saturated heterocycles. The molecule has 1 unspecified atom stereocenters. The first-order valence-corrected chi connectivity index (χ1v) is 5.16. The minimum absolute atomic E-state index is 0.504. The maximum absolute atomic E-state index is 11.2. The third-order valence-corrected chi connectivity index (χ3v) is 2.19. The zero-order valence-corrected chi connectivity index (χ0v) is 9.47. The van der Waals surface area contributed by atoms with Gasteiger partial charge in [0.1, 0.15) is 6.10 Å². The van der Waals surface area contributed by atoms with Gasteiger partial charge in [-0.05, 0) is 12.5 Å². The Morgan fingerprint density at radius 2 is 2.06 bits per heavy atom. The number of hydrogen-bond donors (Lipinski definition) is 3. The summed E-state index contributed by atoms with van der Waals surface area (Å²) < 4.78 is 5.05. The van der Waals surface area contributed by atoms with E-state index < -0.39 is 18.2 Å². The van der Waals surface area contributed by atoms with Gasteiger partial charge >= 0.3 is 12.1 Å². The van der Waals surface area contributed by atoms with Gasteiger partial charge in [-0.3, -0.25) is 0 Å². The summed E-state index contributed by atoms with van der Waals surface area (Å²) in [5.74, 6) is 0. The fourth-order valence-corrected chi connectivity index (χ4v) is 1.43. The standard InChI is InChI=1S/C11H15N3O3/c1-2-9(17-11(16)14-10(13)15)7-5-3-4-6-8(7)12/h3-6,9H,2,12H2,1H3,(H3,13,14,15,16). The van der Waals surface area contributed by atoms with Crippen LogP contribution in [0.5, 0.6) is 0 Å². The SMILES string of the molecule is CCC(OC(=O)NC(N)=O)c1ccccc1N. The summed E-state index contributed by atoms with van der Waals surface area (Å²) in [5.41, 5.74) is 11.8. The topological polar surface area (TPSA) is 107 Å². The molecule has 0 aliphatic heterocycles. The molecule has 5 N–H and O–H groups in total. The van der Waals surface area contributed by atoms with Crippen LogP contribution in [0, 0.1) is 0 Å². The molecule has 1 rings (SSSR count). The van der Waals surface area contributed by atoms with Gasteiger partial charge in [0, 0.05) is 11.3 Å². The maximum atomic E-state index is 11.2. The molecule has 6 heteroatoms. The van der Waals surface area contributed by atoms with E-state index in [1.54, 1.807) is 24.3 Å². The van der Waals surface area contributed by atoms with E-state index in [9.17, 15) is 9.59 Å². The van der Waals surface area contributed by atoms with Crippen molar-refractivity contribution in [2.45, 2.75) is 19.4 Å². The molecule has 0 aliphatic carbocycles. The lowest BCUT2D eigenvalue weighted by Gasteiger charge is -2.17. The summed E-state index contributed by atoms with van der Waals surface area (Å²) in [4.78, 5) is 21.7. The normalized spacial score (nSPS) is 11.6. The zero-order chi connectivity index (χ0) is 12.8. The van der Waals surface area contributed by atoms with E-state index in [-0.39, 0.29) is 0 Å². The Morgan fingerprint density at radius 3 is 2.59 bits per heavy atom. The Morgan fingerprint density at radius 1 is 1.41 bits per heavy atom. The molecule has 17 heavy (non-hydrogen) atoms. The number of anilines is 1. The van der Waals surface area contributed by atoms with E-state index in [4.69, 9.17) is 16.2 Å². The van der Waals surface area contributed by atoms with Crippen LogP contribution >= 0.6 is 0 Å². The van der Waals surface area contributed by atoms with Gasteiger partial charge in [0.25, 0.3) is 0 Å². The lowest BCUT2D eigenvalue weighted by Crippen LogP contribution is -2.36. The molecule has 3 amide bonds. The van der Waals surface area contributed by atoms with Crippen molar-refractivity contribution >= 4 is 17.8 Å². The van der Waals surface area contributed by atoms with Crippen molar-refractivity contribution in [3.05, 3.63) is 29.8 Å². The van der Waals surface area contributed by atoms with Crippen molar-refractivity contribution in [3.63, 3.8) is 0 Å². The number of nitrogens with one attached hydrogen (secondary N) is 1. The molecule has 6 nitrogen and oxygen atoms in total. The second kappa shape index (κ2) is 5.74. The molecule has 92 valence electrons. The molecular formula is C11H15N3O3. The van der Waals surface area contributed by atoms with Crippen molar-refractivity contribution in [2.24, 2.45) is 5.73 Å². The van der Waals surface area contributed by atoms with Crippen LogP contribution in [0.4, 0.5) is 15.3 Å². The van der Waals surface area contributed by atoms with Crippen LogP contribution in [-0.2, 0) is 4.74 Å². The number of para-hydroxylation sites is 1. The predicted octanol–water partition coefficient (Wildman–Crippen LogP) is 1.52.